The van der Waals surface area contributed by atoms with Crippen molar-refractivity contribution in [2.24, 2.45) is 0 Å². The molecule has 10 heteroatoms. The topological polar surface area (TPSA) is 102 Å². The molecule has 0 aliphatic carbocycles. The van der Waals surface area contributed by atoms with E-state index < -0.39 is 15.8 Å². The highest BCUT2D eigenvalue weighted by atomic mass is 32.2. The van der Waals surface area contributed by atoms with Crippen molar-refractivity contribution in [2.75, 3.05) is 39.4 Å². The van der Waals surface area contributed by atoms with E-state index in [-0.39, 0.29) is 22.9 Å². The van der Waals surface area contributed by atoms with Gasteiger partial charge in [0.2, 0.25) is 15.9 Å². The maximum absolute atomic E-state index is 13.0. The first kappa shape index (κ1) is 20.1. The van der Waals surface area contributed by atoms with E-state index in [1.165, 1.54) is 27.1 Å². The number of fused-ring (bicyclic) bond motifs is 1. The average Bonchev–Trinajstić information content (AvgIpc) is 2.91. The molecule has 0 saturated carbocycles. The van der Waals surface area contributed by atoms with E-state index in [2.05, 4.69) is 0 Å². The molecule has 0 atom stereocenters. The molecule has 1 aromatic heterocycles. The number of carbonyl (C=O) groups excluding carboxylic acids is 1. The van der Waals surface area contributed by atoms with Crippen LogP contribution in [-0.2, 0) is 26.1 Å². The van der Waals surface area contributed by atoms with E-state index in [1.54, 1.807) is 4.90 Å². The number of oxazole rings is 1. The van der Waals surface area contributed by atoms with Gasteiger partial charge in [0.05, 0.1) is 23.6 Å². The van der Waals surface area contributed by atoms with E-state index in [0.717, 1.165) is 25.7 Å². The van der Waals surface area contributed by atoms with Crippen LogP contribution in [-0.4, -0.2) is 67.5 Å². The van der Waals surface area contributed by atoms with Crippen molar-refractivity contribution in [2.45, 2.75) is 37.1 Å². The van der Waals surface area contributed by atoms with Crippen LogP contribution in [0.25, 0.3) is 11.1 Å². The van der Waals surface area contributed by atoms with Gasteiger partial charge in [0.15, 0.2) is 5.58 Å². The molecule has 0 N–H and O–H groups in total. The number of aromatic nitrogens is 1. The van der Waals surface area contributed by atoms with Crippen LogP contribution in [0.15, 0.2) is 32.3 Å². The van der Waals surface area contributed by atoms with E-state index in [4.69, 9.17) is 9.15 Å². The zero-order valence-corrected chi connectivity index (χ0v) is 17.0. The monoisotopic (exact) mass is 423 g/mol. The quantitative estimate of drug-likeness (QED) is 0.728. The van der Waals surface area contributed by atoms with Crippen molar-refractivity contribution in [3.8, 4) is 0 Å². The van der Waals surface area contributed by atoms with Crippen LogP contribution in [0.5, 0.6) is 0 Å². The van der Waals surface area contributed by atoms with Gasteiger partial charge in [0, 0.05) is 32.2 Å². The Morgan fingerprint density at radius 2 is 1.69 bits per heavy atom. The summed E-state index contributed by atoms with van der Waals surface area (Å²) in [6.45, 7) is 2.78. The van der Waals surface area contributed by atoms with E-state index in [9.17, 15) is 18.0 Å². The number of ether oxygens (including phenoxy) is 1. The lowest BCUT2D eigenvalue weighted by Gasteiger charge is -2.26. The molecule has 3 heterocycles. The van der Waals surface area contributed by atoms with Crippen molar-refractivity contribution in [1.29, 1.82) is 0 Å². The van der Waals surface area contributed by atoms with Crippen molar-refractivity contribution in [1.82, 2.24) is 13.8 Å². The summed E-state index contributed by atoms with van der Waals surface area (Å²) in [5.74, 6) is -0.870. The first-order valence-corrected chi connectivity index (χ1v) is 11.4. The lowest BCUT2D eigenvalue weighted by atomic mass is 10.2. The number of rotatable bonds is 4. The van der Waals surface area contributed by atoms with Crippen LogP contribution < -0.4 is 5.76 Å². The third-order valence-electron chi connectivity index (χ3n) is 5.50. The molecule has 2 aliphatic heterocycles. The molecular formula is C19H25N3O6S. The largest absolute Gasteiger partial charge is 0.420 e. The normalized spacial score (nSPS) is 19.4. The third kappa shape index (κ3) is 4.10. The molecule has 2 saturated heterocycles. The number of carbonyl (C=O) groups is 1. The summed E-state index contributed by atoms with van der Waals surface area (Å²) in [5, 5.41) is 0. The van der Waals surface area contributed by atoms with Crippen LogP contribution in [0.1, 0.15) is 25.7 Å². The molecule has 4 rings (SSSR count). The Labute approximate surface area is 168 Å². The Hall–Kier alpha value is -2.17. The van der Waals surface area contributed by atoms with Gasteiger partial charge in [-0.3, -0.25) is 9.36 Å². The molecule has 0 bridgehead atoms. The van der Waals surface area contributed by atoms with Crippen LogP contribution in [0.4, 0.5) is 0 Å². The second-order valence-electron chi connectivity index (χ2n) is 7.40. The van der Waals surface area contributed by atoms with Gasteiger partial charge >= 0.3 is 5.76 Å². The van der Waals surface area contributed by atoms with Gasteiger partial charge in [-0.2, -0.15) is 4.31 Å². The van der Waals surface area contributed by atoms with Crippen molar-refractivity contribution in [3.63, 3.8) is 0 Å². The average molecular weight is 423 g/mol. The zero-order valence-electron chi connectivity index (χ0n) is 16.2. The Balaban J connectivity index is 1.61. The highest BCUT2D eigenvalue weighted by Gasteiger charge is 2.27. The van der Waals surface area contributed by atoms with Gasteiger partial charge in [0.25, 0.3) is 0 Å². The maximum atomic E-state index is 13.0. The van der Waals surface area contributed by atoms with Gasteiger partial charge in [-0.05, 0) is 25.0 Å². The van der Waals surface area contributed by atoms with Crippen LogP contribution >= 0.6 is 0 Å². The fourth-order valence-electron chi connectivity index (χ4n) is 3.84. The number of benzene rings is 1. The van der Waals surface area contributed by atoms with Gasteiger partial charge in [-0.15, -0.1) is 0 Å². The summed E-state index contributed by atoms with van der Waals surface area (Å²) < 4.78 is 39.2. The number of sulfonamides is 1. The molecule has 0 radical (unpaired) electrons. The van der Waals surface area contributed by atoms with Crippen molar-refractivity contribution < 1.29 is 22.4 Å². The number of hydrogen-bond donors (Lipinski definition) is 0. The van der Waals surface area contributed by atoms with Gasteiger partial charge < -0.3 is 14.1 Å². The summed E-state index contributed by atoms with van der Waals surface area (Å²) in [6, 6.07) is 4.40. The predicted octanol–water partition coefficient (Wildman–Crippen LogP) is 1.02. The molecule has 9 nitrogen and oxygen atoms in total. The third-order valence-corrected chi connectivity index (χ3v) is 7.39. The summed E-state index contributed by atoms with van der Waals surface area (Å²) in [4.78, 5) is 26.5. The van der Waals surface area contributed by atoms with Crippen LogP contribution in [0.3, 0.4) is 0 Å². The fourth-order valence-corrected chi connectivity index (χ4v) is 5.37. The fraction of sp³-hybridized carbons (Fsp3) is 0.579. The number of morpholine rings is 1. The second-order valence-corrected chi connectivity index (χ2v) is 9.33. The SMILES string of the molecule is O=C(Cn1c(=O)oc2cc(S(=O)(=O)N3CCCCCC3)ccc21)N1CCOCC1. The highest BCUT2D eigenvalue weighted by molar-refractivity contribution is 7.89. The van der Waals surface area contributed by atoms with Gasteiger partial charge in [-0.25, -0.2) is 13.2 Å². The smallest absolute Gasteiger partial charge is 0.408 e. The molecule has 2 aliphatic rings. The Morgan fingerprint density at radius 3 is 2.38 bits per heavy atom. The summed E-state index contributed by atoms with van der Waals surface area (Å²) in [6.07, 6.45) is 3.74. The highest BCUT2D eigenvalue weighted by Crippen LogP contribution is 2.24. The van der Waals surface area contributed by atoms with Crippen molar-refractivity contribution >= 4 is 27.0 Å². The Kier molecular flexibility index (Phi) is 5.75. The number of amides is 1. The molecule has 1 aromatic carbocycles. The van der Waals surface area contributed by atoms with Crippen molar-refractivity contribution in [3.05, 3.63) is 28.7 Å². The Morgan fingerprint density at radius 1 is 1.00 bits per heavy atom. The summed E-state index contributed by atoms with van der Waals surface area (Å²) in [7, 11) is -3.65. The molecular weight excluding hydrogens is 398 g/mol. The Bertz CT molecular complexity index is 1040. The van der Waals surface area contributed by atoms with E-state index >= 15 is 0 Å². The molecule has 29 heavy (non-hydrogen) atoms. The molecule has 158 valence electrons. The second kappa shape index (κ2) is 8.29. The number of nitrogens with zero attached hydrogens (tertiary/aromatic N) is 3. The molecule has 1 amide bonds. The van der Waals surface area contributed by atoms with Crippen LogP contribution in [0.2, 0.25) is 0 Å². The van der Waals surface area contributed by atoms with Gasteiger partial charge in [-0.1, -0.05) is 12.8 Å². The van der Waals surface area contributed by atoms with E-state index in [1.807, 2.05) is 0 Å². The summed E-state index contributed by atoms with van der Waals surface area (Å²) in [5.41, 5.74) is 0.576. The first-order valence-electron chi connectivity index (χ1n) is 9.96. The standard InChI is InChI=1S/C19H25N3O6S/c23-18(20-9-11-27-12-10-20)14-22-16-6-5-15(13-17(16)28-19(22)24)29(25,26)21-7-3-1-2-4-8-21/h5-6,13H,1-4,7-12,14H2. The minimum absolute atomic E-state index is 0.104. The van der Waals surface area contributed by atoms with E-state index in [0.29, 0.717) is 44.9 Å². The van der Waals surface area contributed by atoms with Gasteiger partial charge in [0.1, 0.15) is 6.54 Å². The molecule has 0 spiro atoms. The number of hydrogen-bond acceptors (Lipinski definition) is 6. The van der Waals surface area contributed by atoms with Crippen LogP contribution in [0, 0.1) is 0 Å². The predicted molar refractivity (Wildman–Crippen MR) is 105 cm³/mol. The lowest BCUT2D eigenvalue weighted by molar-refractivity contribution is -0.135. The molecule has 2 aromatic rings. The minimum atomic E-state index is -3.65. The lowest BCUT2D eigenvalue weighted by Crippen LogP contribution is -2.43. The zero-order chi connectivity index (χ0) is 20.4. The molecule has 2 fully saturated rings. The minimum Gasteiger partial charge on any atom is -0.408 e. The maximum Gasteiger partial charge on any atom is 0.420 e. The summed E-state index contributed by atoms with van der Waals surface area (Å²) >= 11 is 0. The first-order chi connectivity index (χ1) is 14.0. The molecule has 0 unspecified atom stereocenters.